The van der Waals surface area contributed by atoms with Gasteiger partial charge in [0.15, 0.2) is 0 Å². The lowest BCUT2D eigenvalue weighted by atomic mass is 9.72. The van der Waals surface area contributed by atoms with E-state index < -0.39 is 17.4 Å². The second-order valence-corrected chi connectivity index (χ2v) is 5.42. The molecule has 1 rings (SSSR count). The molecule has 3 nitrogen and oxygen atoms in total. The Bertz CT molecular complexity index is 371. The third-order valence-electron chi connectivity index (χ3n) is 3.97. The molecule has 2 atom stereocenters. The van der Waals surface area contributed by atoms with Gasteiger partial charge in [-0.1, -0.05) is 43.9 Å². The molecular formula is C15H25NO2. The van der Waals surface area contributed by atoms with Crippen LogP contribution in [0.15, 0.2) is 23.3 Å². The zero-order valence-corrected chi connectivity index (χ0v) is 11.7. The number of allylic oxidation sites excluding steroid dienone is 2. The van der Waals surface area contributed by atoms with E-state index in [9.17, 15) is 9.90 Å². The van der Waals surface area contributed by atoms with Gasteiger partial charge >= 0.3 is 5.97 Å². The van der Waals surface area contributed by atoms with Gasteiger partial charge in [-0.15, -0.1) is 0 Å². The summed E-state index contributed by atoms with van der Waals surface area (Å²) >= 11 is 0. The van der Waals surface area contributed by atoms with Crippen LogP contribution >= 0.6 is 0 Å². The van der Waals surface area contributed by atoms with Crippen LogP contribution < -0.4 is 5.73 Å². The molecule has 0 aromatic heterocycles. The van der Waals surface area contributed by atoms with E-state index in [1.165, 1.54) is 19.3 Å². The summed E-state index contributed by atoms with van der Waals surface area (Å²) in [6.45, 7) is 5.91. The SMILES string of the molecule is CCCCCCC1=C(C)C=CC(C)(C(=O)O)C1N. The summed E-state index contributed by atoms with van der Waals surface area (Å²) in [6.07, 6.45) is 9.27. The van der Waals surface area contributed by atoms with Gasteiger partial charge in [-0.05, 0) is 32.3 Å². The first kappa shape index (κ1) is 15.0. The van der Waals surface area contributed by atoms with Crippen LogP contribution in [0.5, 0.6) is 0 Å². The Labute approximate surface area is 110 Å². The molecule has 2 unspecified atom stereocenters. The van der Waals surface area contributed by atoms with Gasteiger partial charge < -0.3 is 10.8 Å². The highest BCUT2D eigenvalue weighted by atomic mass is 16.4. The molecule has 0 aliphatic heterocycles. The van der Waals surface area contributed by atoms with E-state index in [2.05, 4.69) is 6.92 Å². The molecule has 0 heterocycles. The largest absolute Gasteiger partial charge is 0.481 e. The summed E-state index contributed by atoms with van der Waals surface area (Å²) in [5.41, 5.74) is 7.46. The number of rotatable bonds is 6. The first-order chi connectivity index (χ1) is 8.43. The fourth-order valence-corrected chi connectivity index (χ4v) is 2.42. The van der Waals surface area contributed by atoms with Gasteiger partial charge in [-0.2, -0.15) is 0 Å². The molecule has 0 spiro atoms. The second-order valence-electron chi connectivity index (χ2n) is 5.42. The van der Waals surface area contributed by atoms with Crippen molar-refractivity contribution < 1.29 is 9.90 Å². The number of nitrogens with two attached hydrogens (primary N) is 1. The van der Waals surface area contributed by atoms with Crippen molar-refractivity contribution in [2.45, 2.75) is 58.9 Å². The predicted octanol–water partition coefficient (Wildman–Crippen LogP) is 3.26. The monoisotopic (exact) mass is 251 g/mol. The lowest BCUT2D eigenvalue weighted by Crippen LogP contribution is -2.47. The number of carbonyl (C=O) groups is 1. The third kappa shape index (κ3) is 3.02. The van der Waals surface area contributed by atoms with Crippen LogP contribution in [0, 0.1) is 5.41 Å². The minimum absolute atomic E-state index is 0.401. The van der Waals surface area contributed by atoms with Crippen LogP contribution in [0.1, 0.15) is 52.9 Å². The van der Waals surface area contributed by atoms with E-state index in [1.54, 1.807) is 13.0 Å². The summed E-state index contributed by atoms with van der Waals surface area (Å²) in [4.78, 5) is 11.4. The minimum Gasteiger partial charge on any atom is -0.481 e. The van der Waals surface area contributed by atoms with Crippen LogP contribution in [0.4, 0.5) is 0 Å². The van der Waals surface area contributed by atoms with Gasteiger partial charge in [-0.25, -0.2) is 0 Å². The van der Waals surface area contributed by atoms with Crippen molar-refractivity contribution in [1.82, 2.24) is 0 Å². The predicted molar refractivity (Wildman–Crippen MR) is 74.3 cm³/mol. The molecule has 0 saturated heterocycles. The minimum atomic E-state index is -0.959. The highest BCUT2D eigenvalue weighted by Gasteiger charge is 2.41. The van der Waals surface area contributed by atoms with E-state index in [4.69, 9.17) is 5.73 Å². The quantitative estimate of drug-likeness (QED) is 0.712. The van der Waals surface area contributed by atoms with Crippen molar-refractivity contribution in [3.8, 4) is 0 Å². The van der Waals surface area contributed by atoms with E-state index >= 15 is 0 Å². The van der Waals surface area contributed by atoms with Crippen LogP contribution in [-0.2, 0) is 4.79 Å². The fraction of sp³-hybridized carbons (Fsp3) is 0.667. The lowest BCUT2D eigenvalue weighted by molar-refractivity contribution is -0.145. The van der Waals surface area contributed by atoms with Gasteiger partial charge in [0.2, 0.25) is 0 Å². The number of hydrogen-bond acceptors (Lipinski definition) is 2. The summed E-state index contributed by atoms with van der Waals surface area (Å²) < 4.78 is 0. The molecule has 1 aliphatic carbocycles. The summed E-state index contributed by atoms with van der Waals surface area (Å²) in [7, 11) is 0. The zero-order chi connectivity index (χ0) is 13.8. The maximum absolute atomic E-state index is 11.4. The lowest BCUT2D eigenvalue weighted by Gasteiger charge is -2.34. The summed E-state index contributed by atoms with van der Waals surface area (Å²) in [5, 5.41) is 9.33. The van der Waals surface area contributed by atoms with Crippen LogP contribution in [0.2, 0.25) is 0 Å². The number of unbranched alkanes of at least 4 members (excludes halogenated alkanes) is 3. The van der Waals surface area contributed by atoms with Crippen molar-refractivity contribution in [2.75, 3.05) is 0 Å². The molecule has 0 bridgehead atoms. The van der Waals surface area contributed by atoms with Crippen molar-refractivity contribution in [2.24, 2.45) is 11.1 Å². The molecular weight excluding hydrogens is 226 g/mol. The van der Waals surface area contributed by atoms with Crippen molar-refractivity contribution in [3.63, 3.8) is 0 Å². The Hall–Kier alpha value is -1.09. The Morgan fingerprint density at radius 2 is 2.11 bits per heavy atom. The number of carboxylic acid groups (broad SMARTS) is 1. The van der Waals surface area contributed by atoms with Crippen molar-refractivity contribution in [1.29, 1.82) is 0 Å². The fourth-order valence-electron chi connectivity index (χ4n) is 2.42. The topological polar surface area (TPSA) is 63.3 Å². The van der Waals surface area contributed by atoms with Crippen LogP contribution in [0.25, 0.3) is 0 Å². The number of carboxylic acids is 1. The first-order valence-electron chi connectivity index (χ1n) is 6.81. The highest BCUT2D eigenvalue weighted by Crippen LogP contribution is 2.35. The van der Waals surface area contributed by atoms with Crippen LogP contribution in [-0.4, -0.2) is 17.1 Å². The molecule has 3 heteroatoms. The van der Waals surface area contributed by atoms with Gasteiger partial charge in [0, 0.05) is 6.04 Å². The van der Waals surface area contributed by atoms with Gasteiger partial charge in [-0.3, -0.25) is 4.79 Å². The molecule has 0 aromatic rings. The highest BCUT2D eigenvalue weighted by molar-refractivity contribution is 5.79. The van der Waals surface area contributed by atoms with Gasteiger partial charge in [0.1, 0.15) is 5.41 Å². The maximum atomic E-state index is 11.4. The Kier molecular flexibility index (Phi) is 5.15. The van der Waals surface area contributed by atoms with E-state index in [0.717, 1.165) is 24.0 Å². The molecule has 3 N–H and O–H groups in total. The third-order valence-corrected chi connectivity index (χ3v) is 3.97. The Balaban J connectivity index is 2.76. The van der Waals surface area contributed by atoms with Crippen LogP contribution in [0.3, 0.4) is 0 Å². The second kappa shape index (κ2) is 6.19. The van der Waals surface area contributed by atoms with Gasteiger partial charge in [0.05, 0.1) is 0 Å². The Morgan fingerprint density at radius 1 is 1.44 bits per heavy atom. The molecule has 0 fully saturated rings. The zero-order valence-electron chi connectivity index (χ0n) is 11.7. The standard InChI is InChI=1S/C15H25NO2/c1-4-5-6-7-8-12-11(2)9-10-15(3,13(12)16)14(17)18/h9-10,13H,4-8,16H2,1-3H3,(H,17,18). The number of aliphatic carboxylic acids is 1. The van der Waals surface area contributed by atoms with Gasteiger partial charge in [0.25, 0.3) is 0 Å². The molecule has 0 aromatic carbocycles. The Morgan fingerprint density at radius 3 is 2.67 bits per heavy atom. The van der Waals surface area contributed by atoms with Crippen molar-refractivity contribution in [3.05, 3.63) is 23.3 Å². The first-order valence-corrected chi connectivity index (χ1v) is 6.81. The molecule has 18 heavy (non-hydrogen) atoms. The van der Waals surface area contributed by atoms with Crippen molar-refractivity contribution >= 4 is 5.97 Å². The summed E-state index contributed by atoms with van der Waals surface area (Å²) in [5.74, 6) is -0.843. The molecule has 1 aliphatic rings. The molecule has 0 saturated carbocycles. The number of hydrogen-bond donors (Lipinski definition) is 2. The average molecular weight is 251 g/mol. The molecule has 0 radical (unpaired) electrons. The molecule has 102 valence electrons. The van der Waals surface area contributed by atoms with E-state index in [0.29, 0.717) is 0 Å². The molecule has 0 amide bonds. The van der Waals surface area contributed by atoms with E-state index in [-0.39, 0.29) is 0 Å². The average Bonchev–Trinajstić information content (AvgIpc) is 2.33. The normalized spacial score (nSPS) is 27.7. The van der Waals surface area contributed by atoms with E-state index in [1.807, 2.05) is 13.0 Å². The summed E-state index contributed by atoms with van der Waals surface area (Å²) in [6, 6.07) is -0.401. The maximum Gasteiger partial charge on any atom is 0.315 e. The smallest absolute Gasteiger partial charge is 0.315 e.